The van der Waals surface area contributed by atoms with Crippen molar-refractivity contribution < 1.29 is 27.9 Å². The minimum absolute atomic E-state index is 0.0264. The highest BCUT2D eigenvalue weighted by Crippen LogP contribution is 2.10. The Kier molecular flexibility index (Phi) is 5.21. The Labute approximate surface area is 115 Å². The van der Waals surface area contributed by atoms with Crippen LogP contribution in [0.3, 0.4) is 0 Å². The topological polar surface area (TPSA) is 123 Å². The second-order valence-corrected chi connectivity index (χ2v) is 5.31. The lowest BCUT2D eigenvalue weighted by Gasteiger charge is -2.06. The van der Waals surface area contributed by atoms with Crippen molar-refractivity contribution in [1.82, 2.24) is 4.98 Å². The van der Waals surface area contributed by atoms with Gasteiger partial charge in [0.25, 0.3) is 0 Å². The first kappa shape index (κ1) is 15.6. The normalized spacial score (nSPS) is 11.2. The third-order valence-electron chi connectivity index (χ3n) is 2.00. The molecule has 108 valence electrons. The van der Waals surface area contributed by atoms with Crippen molar-refractivity contribution in [2.45, 2.75) is 0 Å². The standard InChI is InChI=1S/C11H12N2O6S/c1-19-11(16)7-20(17,18)13-9-6-8(4-5-12-9)2-3-10(14)15/h2-6H,7H2,1H3,(H,12,13)(H,14,15)/b3-2+. The average molecular weight is 300 g/mol. The molecule has 9 heteroatoms. The molecule has 0 saturated carbocycles. The van der Waals surface area contributed by atoms with Gasteiger partial charge in [0.15, 0.2) is 5.75 Å². The summed E-state index contributed by atoms with van der Waals surface area (Å²) in [5.41, 5.74) is 0.443. The predicted octanol–water partition coefficient (Wildman–Crippen LogP) is 0.0941. The molecule has 0 radical (unpaired) electrons. The van der Waals surface area contributed by atoms with Crippen LogP contribution in [0.25, 0.3) is 6.08 Å². The number of methoxy groups -OCH3 is 1. The zero-order valence-electron chi connectivity index (χ0n) is 10.4. The van der Waals surface area contributed by atoms with Gasteiger partial charge in [-0.15, -0.1) is 0 Å². The number of hydrogen-bond acceptors (Lipinski definition) is 6. The van der Waals surface area contributed by atoms with Crippen LogP contribution >= 0.6 is 0 Å². The highest BCUT2D eigenvalue weighted by Gasteiger charge is 2.17. The highest BCUT2D eigenvalue weighted by atomic mass is 32.2. The second-order valence-electron chi connectivity index (χ2n) is 3.58. The molecule has 8 nitrogen and oxygen atoms in total. The molecule has 0 saturated heterocycles. The van der Waals surface area contributed by atoms with E-state index in [1.54, 1.807) is 0 Å². The summed E-state index contributed by atoms with van der Waals surface area (Å²) in [5.74, 6) is -2.89. The lowest BCUT2D eigenvalue weighted by Crippen LogP contribution is -2.24. The molecule has 0 aromatic carbocycles. The molecule has 2 N–H and O–H groups in total. The van der Waals surface area contributed by atoms with Crippen LogP contribution in [-0.2, 0) is 24.3 Å². The van der Waals surface area contributed by atoms with Crippen molar-refractivity contribution in [3.8, 4) is 0 Å². The molecule has 0 aliphatic heterocycles. The van der Waals surface area contributed by atoms with Crippen LogP contribution in [0.15, 0.2) is 24.4 Å². The number of carboxylic acid groups (broad SMARTS) is 1. The first-order chi connectivity index (χ1) is 9.32. The summed E-state index contributed by atoms with van der Waals surface area (Å²) in [6.45, 7) is 0. The van der Waals surface area contributed by atoms with Crippen molar-refractivity contribution in [2.75, 3.05) is 17.6 Å². The number of rotatable bonds is 6. The molecule has 1 heterocycles. The fourth-order valence-electron chi connectivity index (χ4n) is 1.18. The van der Waals surface area contributed by atoms with Gasteiger partial charge in [-0.3, -0.25) is 9.52 Å². The Morgan fingerprint density at radius 1 is 1.50 bits per heavy atom. The first-order valence-corrected chi connectivity index (χ1v) is 6.92. The summed E-state index contributed by atoms with van der Waals surface area (Å²) in [6.07, 6.45) is 3.49. The van der Waals surface area contributed by atoms with Crippen LogP contribution in [0.4, 0.5) is 5.82 Å². The third-order valence-corrected chi connectivity index (χ3v) is 3.13. The van der Waals surface area contributed by atoms with E-state index in [9.17, 15) is 18.0 Å². The average Bonchev–Trinajstić information content (AvgIpc) is 2.35. The monoisotopic (exact) mass is 300 g/mol. The lowest BCUT2D eigenvalue weighted by atomic mass is 10.2. The van der Waals surface area contributed by atoms with Crippen LogP contribution in [-0.4, -0.2) is 43.3 Å². The minimum atomic E-state index is -3.92. The van der Waals surface area contributed by atoms with E-state index in [1.165, 1.54) is 24.4 Å². The van der Waals surface area contributed by atoms with E-state index < -0.39 is 27.7 Å². The fraction of sp³-hybridized carbons (Fsp3) is 0.182. The van der Waals surface area contributed by atoms with Crippen molar-refractivity contribution >= 4 is 33.9 Å². The van der Waals surface area contributed by atoms with Crippen molar-refractivity contribution in [2.24, 2.45) is 0 Å². The summed E-state index contributed by atoms with van der Waals surface area (Å²) in [4.78, 5) is 25.1. The predicted molar refractivity (Wildman–Crippen MR) is 70.3 cm³/mol. The lowest BCUT2D eigenvalue weighted by molar-refractivity contribution is -0.137. The molecular formula is C11H12N2O6S. The van der Waals surface area contributed by atoms with Crippen molar-refractivity contribution in [3.63, 3.8) is 0 Å². The molecule has 0 spiro atoms. The zero-order valence-corrected chi connectivity index (χ0v) is 11.3. The Morgan fingerprint density at radius 3 is 2.80 bits per heavy atom. The Balaban J connectivity index is 2.85. The van der Waals surface area contributed by atoms with E-state index in [0.717, 1.165) is 13.2 Å². The molecular weight excluding hydrogens is 288 g/mol. The fourth-order valence-corrected chi connectivity index (χ4v) is 2.11. The number of aliphatic carboxylic acids is 1. The van der Waals surface area contributed by atoms with E-state index in [2.05, 4.69) is 14.4 Å². The molecule has 0 bridgehead atoms. The number of anilines is 1. The van der Waals surface area contributed by atoms with E-state index in [0.29, 0.717) is 5.56 Å². The van der Waals surface area contributed by atoms with Gasteiger partial charge in [0, 0.05) is 12.3 Å². The molecule has 0 atom stereocenters. The van der Waals surface area contributed by atoms with Gasteiger partial charge in [-0.05, 0) is 23.8 Å². The number of aromatic nitrogens is 1. The smallest absolute Gasteiger partial charge is 0.328 e. The molecule has 0 amide bonds. The summed E-state index contributed by atoms with van der Waals surface area (Å²) in [7, 11) is -2.84. The Bertz CT molecular complexity index is 638. The maximum atomic E-state index is 11.6. The maximum Gasteiger partial charge on any atom is 0.328 e. The molecule has 1 rings (SSSR count). The second kappa shape index (κ2) is 6.66. The first-order valence-electron chi connectivity index (χ1n) is 5.27. The summed E-state index contributed by atoms with van der Waals surface area (Å²) in [5, 5.41) is 8.49. The summed E-state index contributed by atoms with van der Waals surface area (Å²) < 4.78 is 29.5. The number of carbonyl (C=O) groups excluding carboxylic acids is 1. The third kappa shape index (κ3) is 5.48. The van der Waals surface area contributed by atoms with Crippen molar-refractivity contribution in [3.05, 3.63) is 30.0 Å². The molecule has 20 heavy (non-hydrogen) atoms. The van der Waals surface area contributed by atoms with Crippen LogP contribution in [0.2, 0.25) is 0 Å². The number of nitrogens with one attached hydrogen (secondary N) is 1. The number of sulfonamides is 1. The van der Waals surface area contributed by atoms with Gasteiger partial charge in [0.1, 0.15) is 5.82 Å². The maximum absolute atomic E-state index is 11.6. The number of ether oxygens (including phenoxy) is 1. The molecule has 0 unspecified atom stereocenters. The zero-order chi connectivity index (χ0) is 15.2. The quantitative estimate of drug-likeness (QED) is 0.564. The Morgan fingerprint density at radius 2 is 2.20 bits per heavy atom. The summed E-state index contributed by atoms with van der Waals surface area (Å²) in [6, 6.07) is 2.83. The van der Waals surface area contributed by atoms with Crippen LogP contribution in [0.1, 0.15) is 5.56 Å². The number of pyridine rings is 1. The minimum Gasteiger partial charge on any atom is -0.478 e. The number of esters is 1. The van der Waals surface area contributed by atoms with E-state index in [1.807, 2.05) is 0 Å². The van der Waals surface area contributed by atoms with Crippen molar-refractivity contribution in [1.29, 1.82) is 0 Å². The SMILES string of the molecule is COC(=O)CS(=O)(=O)Nc1cc(/C=C/C(=O)O)ccn1. The highest BCUT2D eigenvalue weighted by molar-refractivity contribution is 7.93. The van der Waals surface area contributed by atoms with Gasteiger partial charge in [-0.1, -0.05) is 0 Å². The molecule has 1 aromatic heterocycles. The van der Waals surface area contributed by atoms with Gasteiger partial charge in [0.2, 0.25) is 10.0 Å². The molecule has 0 fully saturated rings. The van der Waals surface area contributed by atoms with Crippen LogP contribution in [0.5, 0.6) is 0 Å². The largest absolute Gasteiger partial charge is 0.478 e. The number of carboxylic acids is 1. The van der Waals surface area contributed by atoms with Gasteiger partial charge in [0.05, 0.1) is 7.11 Å². The Hall–Kier alpha value is -2.42. The van der Waals surface area contributed by atoms with Crippen LogP contribution in [0, 0.1) is 0 Å². The van der Waals surface area contributed by atoms with Gasteiger partial charge < -0.3 is 9.84 Å². The van der Waals surface area contributed by atoms with E-state index in [-0.39, 0.29) is 5.82 Å². The van der Waals surface area contributed by atoms with E-state index >= 15 is 0 Å². The van der Waals surface area contributed by atoms with Crippen LogP contribution < -0.4 is 4.72 Å². The molecule has 0 aliphatic carbocycles. The van der Waals surface area contributed by atoms with E-state index in [4.69, 9.17) is 5.11 Å². The van der Waals surface area contributed by atoms with Gasteiger partial charge >= 0.3 is 11.9 Å². The number of hydrogen-bond donors (Lipinski definition) is 2. The molecule has 0 aliphatic rings. The number of nitrogens with zero attached hydrogens (tertiary/aromatic N) is 1. The van der Waals surface area contributed by atoms with Gasteiger partial charge in [-0.25, -0.2) is 18.2 Å². The molecule has 1 aromatic rings. The van der Waals surface area contributed by atoms with Gasteiger partial charge in [-0.2, -0.15) is 0 Å². The number of carbonyl (C=O) groups is 2. The summed E-state index contributed by atoms with van der Waals surface area (Å²) >= 11 is 0.